The Kier molecular flexibility index (Phi) is 5.29. The van der Waals surface area contributed by atoms with Gasteiger partial charge in [0.1, 0.15) is 13.2 Å². The summed E-state index contributed by atoms with van der Waals surface area (Å²) in [6.45, 7) is -0.105. The van der Waals surface area contributed by atoms with E-state index in [-0.39, 0.29) is 13.2 Å². The summed E-state index contributed by atoms with van der Waals surface area (Å²) in [5.41, 5.74) is 0. The molecule has 1 atom stereocenters. The Bertz CT molecular complexity index is 641. The Morgan fingerprint density at radius 1 is 1.26 bits per heavy atom. The van der Waals surface area contributed by atoms with Gasteiger partial charge in [-0.15, -0.1) is 10.2 Å². The largest absolute Gasteiger partial charge is 0.485 e. The van der Waals surface area contributed by atoms with Crippen molar-refractivity contribution in [1.29, 1.82) is 0 Å². The molecule has 1 aromatic heterocycles. The number of benzene rings is 1. The van der Waals surface area contributed by atoms with Crippen molar-refractivity contribution >= 4 is 11.8 Å². The first-order chi connectivity index (χ1) is 11.2. The van der Waals surface area contributed by atoms with E-state index in [1.165, 1.54) is 11.8 Å². The van der Waals surface area contributed by atoms with Crippen LogP contribution in [-0.4, -0.2) is 42.2 Å². The summed E-state index contributed by atoms with van der Waals surface area (Å²) in [5.74, 6) is 2.06. The zero-order valence-electron chi connectivity index (χ0n) is 12.0. The van der Waals surface area contributed by atoms with Gasteiger partial charge in [-0.3, -0.25) is 0 Å². The number of thioether (sulfide) groups is 1. The first kappa shape index (κ1) is 16.0. The van der Waals surface area contributed by atoms with Crippen LogP contribution in [0.25, 0.3) is 0 Å². The van der Waals surface area contributed by atoms with Crippen molar-refractivity contribution in [2.24, 2.45) is 0 Å². The number of fused-ring (bicyclic) bond motifs is 1. The second-order valence-corrected chi connectivity index (χ2v) is 5.63. The highest BCUT2D eigenvalue weighted by atomic mass is 32.2. The maximum atomic E-state index is 11.9. The van der Waals surface area contributed by atoms with Gasteiger partial charge in [0.05, 0.1) is 6.61 Å². The van der Waals surface area contributed by atoms with Gasteiger partial charge in [0.15, 0.2) is 11.5 Å². The summed E-state index contributed by atoms with van der Waals surface area (Å²) in [4.78, 5) is 0. The van der Waals surface area contributed by atoms with E-state index in [4.69, 9.17) is 18.6 Å². The minimum Gasteiger partial charge on any atom is -0.485 e. The van der Waals surface area contributed by atoms with Crippen molar-refractivity contribution in [3.63, 3.8) is 0 Å². The van der Waals surface area contributed by atoms with E-state index < -0.39 is 19.1 Å². The number of hydrogen-bond acceptors (Lipinski definition) is 7. The molecule has 1 aliphatic heterocycles. The second kappa shape index (κ2) is 7.60. The molecule has 0 saturated heterocycles. The van der Waals surface area contributed by atoms with Gasteiger partial charge in [-0.25, -0.2) is 8.78 Å². The fourth-order valence-electron chi connectivity index (χ4n) is 1.91. The standard InChI is InChI=1S/C14H14F2N2O4S/c15-12(16)8-19-5-6-23-14-18-17-13(22-14)11-7-20-9-3-1-2-4-10(9)21-11/h1-4,11-12H,5-8H2/t11-/m0/s1. The number of para-hydroxylation sites is 2. The van der Waals surface area contributed by atoms with E-state index in [2.05, 4.69) is 10.2 Å². The normalized spacial score (nSPS) is 16.7. The molecule has 2 heterocycles. The van der Waals surface area contributed by atoms with Crippen LogP contribution in [0.2, 0.25) is 0 Å². The van der Waals surface area contributed by atoms with E-state index in [0.717, 1.165) is 0 Å². The third-order valence-electron chi connectivity index (χ3n) is 2.90. The molecule has 3 rings (SSSR count). The summed E-state index contributed by atoms with van der Waals surface area (Å²) in [6.07, 6.45) is -2.93. The highest BCUT2D eigenvalue weighted by Crippen LogP contribution is 2.35. The number of aromatic nitrogens is 2. The monoisotopic (exact) mass is 344 g/mol. The van der Waals surface area contributed by atoms with Crippen LogP contribution in [0, 0.1) is 0 Å². The molecule has 1 aromatic carbocycles. The van der Waals surface area contributed by atoms with Gasteiger partial charge < -0.3 is 18.6 Å². The molecular weight excluding hydrogens is 330 g/mol. The molecule has 0 N–H and O–H groups in total. The first-order valence-corrected chi connectivity index (χ1v) is 7.91. The summed E-state index contributed by atoms with van der Waals surface area (Å²) >= 11 is 1.24. The van der Waals surface area contributed by atoms with Crippen LogP contribution in [0.1, 0.15) is 12.0 Å². The second-order valence-electron chi connectivity index (χ2n) is 4.58. The number of alkyl halides is 2. The molecule has 6 nitrogen and oxygen atoms in total. The van der Waals surface area contributed by atoms with Crippen LogP contribution in [0.5, 0.6) is 11.5 Å². The van der Waals surface area contributed by atoms with Crippen LogP contribution in [0.3, 0.4) is 0 Å². The van der Waals surface area contributed by atoms with Gasteiger partial charge in [-0.05, 0) is 12.1 Å². The molecule has 124 valence electrons. The third kappa shape index (κ3) is 4.32. The summed E-state index contributed by atoms with van der Waals surface area (Å²) in [5, 5.41) is 8.16. The minimum absolute atomic E-state index is 0.184. The molecular formula is C14H14F2N2O4S. The number of halogens is 2. The van der Waals surface area contributed by atoms with E-state index in [9.17, 15) is 8.78 Å². The van der Waals surface area contributed by atoms with Crippen molar-refractivity contribution in [2.75, 3.05) is 25.6 Å². The van der Waals surface area contributed by atoms with E-state index in [1.807, 2.05) is 18.2 Å². The van der Waals surface area contributed by atoms with E-state index >= 15 is 0 Å². The number of rotatable bonds is 7. The Labute approximate surface area is 135 Å². The minimum atomic E-state index is -2.46. The molecule has 2 aromatic rings. The Hall–Kier alpha value is -1.87. The lowest BCUT2D eigenvalue weighted by Gasteiger charge is -2.23. The molecule has 0 amide bonds. The highest BCUT2D eigenvalue weighted by Gasteiger charge is 2.27. The smallest absolute Gasteiger partial charge is 0.276 e. The van der Waals surface area contributed by atoms with Gasteiger partial charge in [0.25, 0.3) is 17.5 Å². The van der Waals surface area contributed by atoms with Gasteiger partial charge in [0.2, 0.25) is 6.10 Å². The van der Waals surface area contributed by atoms with Crippen LogP contribution in [0.15, 0.2) is 33.9 Å². The lowest BCUT2D eigenvalue weighted by atomic mass is 10.2. The van der Waals surface area contributed by atoms with E-state index in [1.54, 1.807) is 6.07 Å². The molecule has 23 heavy (non-hydrogen) atoms. The summed E-state index contributed by atoms with van der Waals surface area (Å²) in [7, 11) is 0. The topological polar surface area (TPSA) is 66.6 Å². The van der Waals surface area contributed by atoms with E-state index in [0.29, 0.717) is 28.4 Å². The number of nitrogens with zero attached hydrogens (tertiary/aromatic N) is 2. The van der Waals surface area contributed by atoms with Crippen molar-refractivity contribution in [3.8, 4) is 11.5 Å². The van der Waals surface area contributed by atoms with Crippen LogP contribution in [0.4, 0.5) is 8.78 Å². The van der Waals surface area contributed by atoms with Gasteiger partial charge in [-0.2, -0.15) is 0 Å². The molecule has 0 fully saturated rings. The number of ether oxygens (including phenoxy) is 3. The van der Waals surface area contributed by atoms with Crippen molar-refractivity contribution in [3.05, 3.63) is 30.2 Å². The fourth-order valence-corrected chi connectivity index (χ4v) is 2.53. The zero-order chi connectivity index (χ0) is 16.1. The molecule has 0 bridgehead atoms. The average molecular weight is 344 g/mol. The highest BCUT2D eigenvalue weighted by molar-refractivity contribution is 7.99. The maximum absolute atomic E-state index is 11.9. The van der Waals surface area contributed by atoms with Crippen molar-refractivity contribution in [1.82, 2.24) is 10.2 Å². The average Bonchev–Trinajstić information content (AvgIpc) is 3.03. The zero-order valence-corrected chi connectivity index (χ0v) is 12.8. The Morgan fingerprint density at radius 3 is 2.91 bits per heavy atom. The lowest BCUT2D eigenvalue weighted by molar-refractivity contribution is 0.0237. The molecule has 9 heteroatoms. The molecule has 0 radical (unpaired) electrons. The maximum Gasteiger partial charge on any atom is 0.276 e. The van der Waals surface area contributed by atoms with Crippen molar-refractivity contribution < 1.29 is 27.4 Å². The quantitative estimate of drug-likeness (QED) is 0.565. The van der Waals surface area contributed by atoms with Gasteiger partial charge >= 0.3 is 0 Å². The predicted molar refractivity (Wildman–Crippen MR) is 77.2 cm³/mol. The molecule has 0 spiro atoms. The number of hydrogen-bond donors (Lipinski definition) is 0. The SMILES string of the molecule is FC(F)COCCSc1nnc([C@@H]2COc3ccccc3O2)o1. The van der Waals surface area contributed by atoms with Crippen molar-refractivity contribution in [2.45, 2.75) is 17.8 Å². The molecule has 0 saturated carbocycles. The lowest BCUT2D eigenvalue weighted by Crippen LogP contribution is -2.21. The molecule has 0 unspecified atom stereocenters. The summed E-state index contributed by atoms with van der Waals surface area (Å²) < 4.78 is 45.4. The summed E-state index contributed by atoms with van der Waals surface area (Å²) in [6, 6.07) is 7.33. The van der Waals surface area contributed by atoms with Crippen LogP contribution < -0.4 is 9.47 Å². The van der Waals surface area contributed by atoms with Crippen LogP contribution >= 0.6 is 11.8 Å². The Morgan fingerprint density at radius 2 is 2.09 bits per heavy atom. The van der Waals surface area contributed by atoms with Gasteiger partial charge in [0, 0.05) is 5.75 Å². The molecule has 0 aliphatic carbocycles. The Balaban J connectivity index is 1.50. The third-order valence-corrected chi connectivity index (χ3v) is 3.69. The van der Waals surface area contributed by atoms with Gasteiger partial charge in [-0.1, -0.05) is 23.9 Å². The predicted octanol–water partition coefficient (Wildman–Crippen LogP) is 2.96. The fraction of sp³-hybridized carbons (Fsp3) is 0.429. The first-order valence-electron chi connectivity index (χ1n) is 6.93. The molecule has 1 aliphatic rings. The van der Waals surface area contributed by atoms with Crippen LogP contribution in [-0.2, 0) is 4.74 Å².